The van der Waals surface area contributed by atoms with Crippen molar-refractivity contribution >= 4 is 23.2 Å². The number of benzene rings is 1. The zero-order chi connectivity index (χ0) is 13.9. The molecule has 2 heterocycles. The second-order valence-corrected chi connectivity index (χ2v) is 5.45. The van der Waals surface area contributed by atoms with Crippen LogP contribution in [0.3, 0.4) is 0 Å². The molecule has 1 saturated heterocycles. The number of nitrogen functional groups attached to an aromatic ring is 1. The third-order valence-electron chi connectivity index (χ3n) is 3.53. The van der Waals surface area contributed by atoms with Gasteiger partial charge in [-0.25, -0.2) is 0 Å². The topological polar surface area (TPSA) is 68.2 Å². The first-order chi connectivity index (χ1) is 9.74. The largest absolute Gasteiger partial charge is 0.399 e. The maximum Gasteiger partial charge on any atom is 0.266 e. The quantitative estimate of drug-likeness (QED) is 0.860. The maximum atomic E-state index is 6.16. The van der Waals surface area contributed by atoms with Crippen molar-refractivity contribution in [2.24, 2.45) is 0 Å². The van der Waals surface area contributed by atoms with E-state index in [-0.39, 0.29) is 0 Å². The molecule has 1 aliphatic rings. The van der Waals surface area contributed by atoms with Gasteiger partial charge in [0.15, 0.2) is 0 Å². The number of nitrogens with zero attached hydrogens (tertiary/aromatic N) is 3. The summed E-state index contributed by atoms with van der Waals surface area (Å²) >= 11 is 6.16. The van der Waals surface area contributed by atoms with Gasteiger partial charge in [-0.05, 0) is 36.2 Å². The summed E-state index contributed by atoms with van der Waals surface area (Å²) in [6.45, 7) is 1.96. The van der Waals surface area contributed by atoms with E-state index >= 15 is 0 Å². The van der Waals surface area contributed by atoms with Crippen molar-refractivity contribution in [2.75, 3.05) is 23.7 Å². The molecule has 0 saturated carbocycles. The Labute approximate surface area is 122 Å². The zero-order valence-corrected chi connectivity index (χ0v) is 11.9. The van der Waals surface area contributed by atoms with Crippen molar-refractivity contribution in [3.8, 4) is 11.5 Å². The molecule has 1 aromatic carbocycles. The van der Waals surface area contributed by atoms with Crippen LogP contribution in [0.15, 0.2) is 22.7 Å². The molecule has 0 atom stereocenters. The van der Waals surface area contributed by atoms with Gasteiger partial charge in [0.05, 0.1) is 10.6 Å². The fourth-order valence-corrected chi connectivity index (χ4v) is 2.70. The summed E-state index contributed by atoms with van der Waals surface area (Å²) < 4.78 is 5.34. The summed E-state index contributed by atoms with van der Waals surface area (Å²) in [4.78, 5) is 6.63. The minimum atomic E-state index is 0.439. The molecule has 1 aromatic heterocycles. The molecule has 0 spiro atoms. The highest BCUT2D eigenvalue weighted by atomic mass is 35.5. The van der Waals surface area contributed by atoms with E-state index in [9.17, 15) is 0 Å². The minimum absolute atomic E-state index is 0.439. The number of hydrogen-bond donors (Lipinski definition) is 1. The Bertz CT molecular complexity index is 591. The summed E-state index contributed by atoms with van der Waals surface area (Å²) in [6, 6.07) is 5.26. The molecular weight excluding hydrogens is 276 g/mol. The summed E-state index contributed by atoms with van der Waals surface area (Å²) in [7, 11) is 0. The number of hydrogen-bond acceptors (Lipinski definition) is 5. The standard InChI is InChI=1S/C14H17ClN4O/c15-12-9-10(16)5-6-11(12)13-17-14(18-20-13)19-7-3-1-2-4-8-19/h5-6,9H,1-4,7-8,16H2. The zero-order valence-electron chi connectivity index (χ0n) is 11.2. The predicted octanol–water partition coefficient (Wildman–Crippen LogP) is 3.35. The Morgan fingerprint density at radius 1 is 1.15 bits per heavy atom. The lowest BCUT2D eigenvalue weighted by molar-refractivity contribution is 0.429. The van der Waals surface area contributed by atoms with Gasteiger partial charge in [0, 0.05) is 18.8 Å². The Hall–Kier alpha value is -1.75. The molecule has 0 aliphatic carbocycles. The smallest absolute Gasteiger partial charge is 0.266 e. The van der Waals surface area contributed by atoms with E-state index in [1.165, 1.54) is 25.7 Å². The average molecular weight is 293 g/mol. The normalized spacial score (nSPS) is 16.1. The van der Waals surface area contributed by atoms with Gasteiger partial charge in [0.2, 0.25) is 0 Å². The van der Waals surface area contributed by atoms with Gasteiger partial charge < -0.3 is 15.2 Å². The first-order valence-corrected chi connectivity index (χ1v) is 7.26. The van der Waals surface area contributed by atoms with Crippen molar-refractivity contribution < 1.29 is 4.52 Å². The van der Waals surface area contributed by atoms with E-state index in [4.69, 9.17) is 21.9 Å². The maximum absolute atomic E-state index is 6.16. The van der Waals surface area contributed by atoms with Crippen molar-refractivity contribution in [3.63, 3.8) is 0 Å². The van der Waals surface area contributed by atoms with Crippen LogP contribution in [0.2, 0.25) is 5.02 Å². The van der Waals surface area contributed by atoms with E-state index in [1.807, 2.05) is 0 Å². The van der Waals surface area contributed by atoms with Gasteiger partial charge in [-0.1, -0.05) is 24.4 Å². The SMILES string of the molecule is Nc1ccc(-c2nc(N3CCCCCC3)no2)c(Cl)c1. The summed E-state index contributed by atoms with van der Waals surface area (Å²) in [6.07, 6.45) is 4.88. The van der Waals surface area contributed by atoms with E-state index in [0.29, 0.717) is 22.5 Å². The lowest BCUT2D eigenvalue weighted by atomic mass is 10.2. The van der Waals surface area contributed by atoms with Gasteiger partial charge in [0.25, 0.3) is 11.8 Å². The lowest BCUT2D eigenvalue weighted by Crippen LogP contribution is -2.24. The van der Waals surface area contributed by atoms with Crippen LogP contribution in [0.4, 0.5) is 11.6 Å². The predicted molar refractivity (Wildman–Crippen MR) is 79.8 cm³/mol. The first kappa shape index (κ1) is 13.2. The first-order valence-electron chi connectivity index (χ1n) is 6.88. The summed E-state index contributed by atoms with van der Waals surface area (Å²) in [5, 5.41) is 4.60. The van der Waals surface area contributed by atoms with Crippen molar-refractivity contribution in [1.82, 2.24) is 10.1 Å². The number of nitrogens with two attached hydrogens (primary N) is 1. The number of halogens is 1. The van der Waals surface area contributed by atoms with Crippen molar-refractivity contribution in [2.45, 2.75) is 25.7 Å². The lowest BCUT2D eigenvalue weighted by Gasteiger charge is -2.16. The van der Waals surface area contributed by atoms with Gasteiger partial charge in [-0.15, -0.1) is 0 Å². The molecule has 0 radical (unpaired) electrons. The second-order valence-electron chi connectivity index (χ2n) is 5.04. The van der Waals surface area contributed by atoms with Crippen LogP contribution >= 0.6 is 11.6 Å². The van der Waals surface area contributed by atoms with Gasteiger partial charge in [-0.3, -0.25) is 0 Å². The van der Waals surface area contributed by atoms with E-state index < -0.39 is 0 Å². The molecule has 2 aromatic rings. The third-order valence-corrected chi connectivity index (χ3v) is 3.84. The van der Waals surface area contributed by atoms with E-state index in [0.717, 1.165) is 18.7 Å². The summed E-state index contributed by atoms with van der Waals surface area (Å²) in [5.74, 6) is 1.09. The number of anilines is 2. The van der Waals surface area contributed by atoms with Crippen LogP contribution in [-0.2, 0) is 0 Å². The Morgan fingerprint density at radius 3 is 2.60 bits per heavy atom. The van der Waals surface area contributed by atoms with Gasteiger partial charge in [0.1, 0.15) is 0 Å². The molecule has 5 nitrogen and oxygen atoms in total. The Balaban J connectivity index is 1.85. The van der Waals surface area contributed by atoms with Crippen LogP contribution < -0.4 is 10.6 Å². The molecule has 1 aliphatic heterocycles. The Kier molecular flexibility index (Phi) is 3.78. The number of rotatable bonds is 2. The minimum Gasteiger partial charge on any atom is -0.399 e. The molecule has 6 heteroatoms. The van der Waals surface area contributed by atoms with Gasteiger partial charge >= 0.3 is 0 Å². The molecule has 106 valence electrons. The van der Waals surface area contributed by atoms with Crippen LogP contribution in [0.5, 0.6) is 0 Å². The average Bonchev–Trinajstić information content (AvgIpc) is 2.74. The van der Waals surface area contributed by atoms with E-state index in [2.05, 4.69) is 15.0 Å². The van der Waals surface area contributed by atoms with Crippen molar-refractivity contribution in [1.29, 1.82) is 0 Å². The highest BCUT2D eigenvalue weighted by Crippen LogP contribution is 2.29. The molecule has 20 heavy (non-hydrogen) atoms. The monoisotopic (exact) mass is 292 g/mol. The Morgan fingerprint density at radius 2 is 1.90 bits per heavy atom. The summed E-state index contributed by atoms with van der Waals surface area (Å²) in [5.41, 5.74) is 7.02. The molecule has 0 bridgehead atoms. The molecule has 3 rings (SSSR count). The highest BCUT2D eigenvalue weighted by molar-refractivity contribution is 6.33. The van der Waals surface area contributed by atoms with Crippen LogP contribution in [0, 0.1) is 0 Å². The molecule has 0 amide bonds. The van der Waals surface area contributed by atoms with Gasteiger partial charge in [-0.2, -0.15) is 4.98 Å². The fraction of sp³-hybridized carbons (Fsp3) is 0.429. The third kappa shape index (κ3) is 2.72. The van der Waals surface area contributed by atoms with Crippen LogP contribution in [-0.4, -0.2) is 23.2 Å². The molecule has 2 N–H and O–H groups in total. The van der Waals surface area contributed by atoms with Crippen LogP contribution in [0.1, 0.15) is 25.7 Å². The highest BCUT2D eigenvalue weighted by Gasteiger charge is 2.18. The fourth-order valence-electron chi connectivity index (χ4n) is 2.43. The van der Waals surface area contributed by atoms with E-state index in [1.54, 1.807) is 18.2 Å². The number of aromatic nitrogens is 2. The second kappa shape index (κ2) is 5.71. The molecule has 0 unspecified atom stereocenters. The molecule has 1 fully saturated rings. The van der Waals surface area contributed by atoms with Crippen LogP contribution in [0.25, 0.3) is 11.5 Å². The molecular formula is C14H17ClN4O. The van der Waals surface area contributed by atoms with Crippen molar-refractivity contribution in [3.05, 3.63) is 23.2 Å².